The molecule has 0 aromatic heterocycles. The zero-order valence-electron chi connectivity index (χ0n) is 7.54. The second kappa shape index (κ2) is 6.19. The van der Waals surface area contributed by atoms with Gasteiger partial charge in [-0.1, -0.05) is 11.6 Å². The SMILES string of the molecule is Cl.NCC[C@H](N)c1cc(F)cc(Cl)c1. The van der Waals surface area contributed by atoms with Gasteiger partial charge in [-0.2, -0.15) is 0 Å². The first kappa shape index (κ1) is 13.7. The summed E-state index contributed by atoms with van der Waals surface area (Å²) < 4.78 is 12.9. The lowest BCUT2D eigenvalue weighted by Gasteiger charge is -2.10. The Labute approximate surface area is 93.8 Å². The average Bonchev–Trinajstić information content (AvgIpc) is 2.03. The van der Waals surface area contributed by atoms with Crippen LogP contribution < -0.4 is 11.5 Å². The van der Waals surface area contributed by atoms with Crippen molar-refractivity contribution in [3.05, 3.63) is 34.6 Å². The van der Waals surface area contributed by atoms with Crippen LogP contribution in [0.2, 0.25) is 5.02 Å². The molecule has 2 nitrogen and oxygen atoms in total. The van der Waals surface area contributed by atoms with E-state index in [2.05, 4.69) is 0 Å². The van der Waals surface area contributed by atoms with Gasteiger partial charge < -0.3 is 11.5 Å². The topological polar surface area (TPSA) is 52.0 Å². The van der Waals surface area contributed by atoms with Crippen LogP contribution in [0.15, 0.2) is 18.2 Å². The van der Waals surface area contributed by atoms with Crippen molar-refractivity contribution in [3.8, 4) is 0 Å². The van der Waals surface area contributed by atoms with Gasteiger partial charge in [-0.05, 0) is 36.7 Å². The summed E-state index contributed by atoms with van der Waals surface area (Å²) in [5.41, 5.74) is 11.8. The lowest BCUT2D eigenvalue weighted by atomic mass is 10.0. The molecule has 0 aliphatic carbocycles. The van der Waals surface area contributed by atoms with Gasteiger partial charge in [0.1, 0.15) is 5.82 Å². The van der Waals surface area contributed by atoms with E-state index in [0.29, 0.717) is 23.6 Å². The fourth-order valence-corrected chi connectivity index (χ4v) is 1.37. The van der Waals surface area contributed by atoms with Gasteiger partial charge >= 0.3 is 0 Å². The predicted molar refractivity (Wildman–Crippen MR) is 59.3 cm³/mol. The standard InChI is InChI=1S/C9H12ClFN2.ClH/c10-7-3-6(4-8(11)5-7)9(13)1-2-12;/h3-5,9H,1-2,12-13H2;1H/t9-;/m0./s1. The number of benzene rings is 1. The summed E-state index contributed by atoms with van der Waals surface area (Å²) in [5, 5.41) is 0.363. The Kier molecular flexibility index (Phi) is 6.04. The van der Waals surface area contributed by atoms with E-state index in [1.807, 2.05) is 0 Å². The molecule has 0 spiro atoms. The van der Waals surface area contributed by atoms with Gasteiger partial charge in [-0.3, -0.25) is 0 Å². The molecule has 0 bridgehead atoms. The van der Waals surface area contributed by atoms with Gasteiger partial charge in [0.15, 0.2) is 0 Å². The van der Waals surface area contributed by atoms with Crippen molar-refractivity contribution >= 4 is 24.0 Å². The van der Waals surface area contributed by atoms with Crippen molar-refractivity contribution in [2.24, 2.45) is 11.5 Å². The Morgan fingerprint density at radius 3 is 2.50 bits per heavy atom. The molecule has 0 fully saturated rings. The molecular formula is C9H13Cl2FN2. The zero-order valence-corrected chi connectivity index (χ0v) is 9.11. The van der Waals surface area contributed by atoms with E-state index in [1.54, 1.807) is 6.07 Å². The molecule has 0 saturated carbocycles. The minimum absolute atomic E-state index is 0. The number of hydrogen-bond donors (Lipinski definition) is 2. The Morgan fingerprint density at radius 1 is 1.36 bits per heavy atom. The summed E-state index contributed by atoms with van der Waals surface area (Å²) in [7, 11) is 0. The summed E-state index contributed by atoms with van der Waals surface area (Å²) in [5.74, 6) is -0.366. The predicted octanol–water partition coefficient (Wildman–Crippen LogP) is 2.25. The third-order valence-corrected chi connectivity index (χ3v) is 2.01. The van der Waals surface area contributed by atoms with Crippen LogP contribution in [0.1, 0.15) is 18.0 Å². The molecule has 0 radical (unpaired) electrons. The van der Waals surface area contributed by atoms with E-state index >= 15 is 0 Å². The molecule has 0 heterocycles. The van der Waals surface area contributed by atoms with Crippen molar-refractivity contribution < 1.29 is 4.39 Å². The first-order chi connectivity index (χ1) is 6.13. The highest BCUT2D eigenvalue weighted by Gasteiger charge is 2.07. The normalized spacial score (nSPS) is 12.0. The van der Waals surface area contributed by atoms with E-state index in [9.17, 15) is 4.39 Å². The third kappa shape index (κ3) is 3.80. The van der Waals surface area contributed by atoms with Gasteiger partial charge in [-0.25, -0.2) is 4.39 Å². The maximum Gasteiger partial charge on any atom is 0.125 e. The van der Waals surface area contributed by atoms with E-state index < -0.39 is 0 Å². The van der Waals surface area contributed by atoms with Gasteiger partial charge in [0.05, 0.1) is 0 Å². The highest BCUT2D eigenvalue weighted by Crippen LogP contribution is 2.19. The van der Waals surface area contributed by atoms with E-state index in [0.717, 1.165) is 0 Å². The molecule has 1 aromatic rings. The molecule has 4 N–H and O–H groups in total. The maximum atomic E-state index is 12.9. The fraction of sp³-hybridized carbons (Fsp3) is 0.333. The van der Waals surface area contributed by atoms with Crippen LogP contribution in [0, 0.1) is 5.82 Å². The Hall–Kier alpha value is -0.350. The summed E-state index contributed by atoms with van der Waals surface area (Å²) in [4.78, 5) is 0. The van der Waals surface area contributed by atoms with Crippen LogP contribution in [0.25, 0.3) is 0 Å². The van der Waals surface area contributed by atoms with E-state index in [1.165, 1.54) is 12.1 Å². The van der Waals surface area contributed by atoms with Crippen molar-refractivity contribution in [1.82, 2.24) is 0 Å². The molecule has 0 unspecified atom stereocenters. The highest BCUT2D eigenvalue weighted by atomic mass is 35.5. The molecule has 1 rings (SSSR count). The molecule has 80 valence electrons. The van der Waals surface area contributed by atoms with Crippen LogP contribution in [0.3, 0.4) is 0 Å². The average molecular weight is 239 g/mol. The summed E-state index contributed by atoms with van der Waals surface area (Å²) >= 11 is 5.67. The van der Waals surface area contributed by atoms with Gasteiger partial charge in [-0.15, -0.1) is 12.4 Å². The van der Waals surface area contributed by atoms with Gasteiger partial charge in [0.25, 0.3) is 0 Å². The second-order valence-electron chi connectivity index (χ2n) is 2.89. The highest BCUT2D eigenvalue weighted by molar-refractivity contribution is 6.30. The number of halogens is 3. The van der Waals surface area contributed by atoms with Crippen LogP contribution in [-0.4, -0.2) is 6.54 Å². The molecule has 1 aromatic carbocycles. The Bertz CT molecular complexity index is 274. The number of hydrogen-bond acceptors (Lipinski definition) is 2. The fourth-order valence-electron chi connectivity index (χ4n) is 1.14. The van der Waals surface area contributed by atoms with E-state index in [-0.39, 0.29) is 24.3 Å². The lowest BCUT2D eigenvalue weighted by Crippen LogP contribution is -2.15. The van der Waals surface area contributed by atoms with Crippen LogP contribution in [-0.2, 0) is 0 Å². The third-order valence-electron chi connectivity index (χ3n) is 1.79. The molecule has 0 amide bonds. The summed E-state index contributed by atoms with van der Waals surface area (Å²) in [6.45, 7) is 0.481. The molecule has 0 aliphatic rings. The van der Waals surface area contributed by atoms with Crippen LogP contribution in [0.5, 0.6) is 0 Å². The quantitative estimate of drug-likeness (QED) is 0.849. The largest absolute Gasteiger partial charge is 0.330 e. The summed E-state index contributed by atoms with van der Waals surface area (Å²) in [6.07, 6.45) is 0.625. The van der Waals surface area contributed by atoms with Crippen molar-refractivity contribution in [1.29, 1.82) is 0 Å². The number of nitrogens with two attached hydrogens (primary N) is 2. The van der Waals surface area contributed by atoms with Crippen LogP contribution in [0.4, 0.5) is 4.39 Å². The minimum Gasteiger partial charge on any atom is -0.330 e. The first-order valence-corrected chi connectivity index (χ1v) is 4.43. The molecule has 14 heavy (non-hydrogen) atoms. The Balaban J connectivity index is 0.00000169. The van der Waals surface area contributed by atoms with Crippen LogP contribution >= 0.6 is 24.0 Å². The lowest BCUT2D eigenvalue weighted by molar-refractivity contribution is 0.612. The summed E-state index contributed by atoms with van der Waals surface area (Å²) in [6, 6.07) is 4.05. The van der Waals surface area contributed by atoms with Gasteiger partial charge in [0, 0.05) is 11.1 Å². The second-order valence-corrected chi connectivity index (χ2v) is 3.32. The smallest absolute Gasteiger partial charge is 0.125 e. The zero-order chi connectivity index (χ0) is 9.84. The maximum absolute atomic E-state index is 12.9. The molecule has 0 saturated heterocycles. The molecular weight excluding hydrogens is 226 g/mol. The monoisotopic (exact) mass is 238 g/mol. The van der Waals surface area contributed by atoms with Crippen molar-refractivity contribution in [3.63, 3.8) is 0 Å². The minimum atomic E-state index is -0.366. The van der Waals surface area contributed by atoms with Crippen molar-refractivity contribution in [2.75, 3.05) is 6.54 Å². The Morgan fingerprint density at radius 2 is 2.00 bits per heavy atom. The molecule has 1 atom stereocenters. The number of rotatable bonds is 3. The first-order valence-electron chi connectivity index (χ1n) is 4.05. The molecule has 0 aliphatic heterocycles. The van der Waals surface area contributed by atoms with Crippen molar-refractivity contribution in [2.45, 2.75) is 12.5 Å². The van der Waals surface area contributed by atoms with E-state index in [4.69, 9.17) is 23.1 Å². The molecule has 5 heteroatoms. The van der Waals surface area contributed by atoms with Gasteiger partial charge in [0.2, 0.25) is 0 Å².